The highest BCUT2D eigenvalue weighted by Crippen LogP contribution is 2.65. The highest BCUT2D eigenvalue weighted by molar-refractivity contribution is 7.62. The Morgan fingerprint density at radius 2 is 1.26 bits per heavy atom. The van der Waals surface area contributed by atoms with E-state index in [4.69, 9.17) is 0 Å². The Morgan fingerprint density at radius 3 is 1.58 bits per heavy atom. The largest absolute Gasteiger partial charge is 0.451 e. The van der Waals surface area contributed by atoms with Crippen LogP contribution in [0.4, 0.5) is 30.5 Å². The number of hydrogen-bond donors (Lipinski definition) is 0. The second-order valence-electron chi connectivity index (χ2n) is 4.65. The number of halogens is 7. The average molecular weight is 311 g/mol. The number of aliphatic imine (C=N–C) groups is 1. The monoisotopic (exact) mass is 311 g/mol. The van der Waals surface area contributed by atoms with Gasteiger partial charge in [0, 0.05) is 5.16 Å². The van der Waals surface area contributed by atoms with Gasteiger partial charge in [-0.2, -0.15) is 40.0 Å². The van der Waals surface area contributed by atoms with Gasteiger partial charge < -0.3 is 0 Å². The minimum absolute atomic E-state index is 1.13. The van der Waals surface area contributed by atoms with Crippen molar-refractivity contribution in [1.29, 1.82) is 0 Å². The third-order valence-corrected chi connectivity index (χ3v) is 4.64. The van der Waals surface area contributed by atoms with Gasteiger partial charge in [0.05, 0.1) is 0 Å². The smallest absolute Gasteiger partial charge is 0.200 e. The second kappa shape index (κ2) is 4.29. The summed E-state index contributed by atoms with van der Waals surface area (Å²) < 4.78 is 94.4. The normalized spacial score (nSPS) is 25.6. The van der Waals surface area contributed by atoms with Crippen molar-refractivity contribution in [1.82, 2.24) is 0 Å². The Labute approximate surface area is 103 Å². The SMILES string of the molecule is CC(C)(C)P1(F)=NC(C(F)(F)F)=NC(C(F)(F)F)=N1. The van der Waals surface area contributed by atoms with Crippen molar-refractivity contribution in [3.63, 3.8) is 0 Å². The Hall–Kier alpha value is -0.920. The zero-order chi connectivity index (χ0) is 15.3. The zero-order valence-electron chi connectivity index (χ0n) is 9.93. The molecule has 0 fully saturated rings. The first-order valence-electron chi connectivity index (χ1n) is 4.82. The van der Waals surface area contributed by atoms with E-state index in [0.29, 0.717) is 0 Å². The van der Waals surface area contributed by atoms with E-state index in [1.54, 1.807) is 0 Å². The first kappa shape index (κ1) is 16.1. The highest BCUT2D eigenvalue weighted by Gasteiger charge is 2.49. The molecule has 0 radical (unpaired) electrons. The lowest BCUT2D eigenvalue weighted by Crippen LogP contribution is -2.31. The third-order valence-electron chi connectivity index (χ3n) is 2.03. The maximum absolute atomic E-state index is 14.3. The molecule has 0 aromatic heterocycles. The van der Waals surface area contributed by atoms with Crippen LogP contribution in [-0.4, -0.2) is 29.2 Å². The summed E-state index contributed by atoms with van der Waals surface area (Å²) in [5.41, 5.74) is 0. The van der Waals surface area contributed by atoms with Crippen LogP contribution in [0.25, 0.3) is 0 Å². The molecule has 1 aliphatic rings. The molecular weight excluding hydrogens is 302 g/mol. The van der Waals surface area contributed by atoms with E-state index in [0.717, 1.165) is 20.8 Å². The van der Waals surface area contributed by atoms with Gasteiger partial charge in [-0.05, 0) is 0 Å². The number of rotatable bonds is 0. The van der Waals surface area contributed by atoms with E-state index in [1.807, 2.05) is 0 Å². The summed E-state index contributed by atoms with van der Waals surface area (Å²) in [7, 11) is -4.71. The second-order valence-corrected chi connectivity index (χ2v) is 7.44. The van der Waals surface area contributed by atoms with Crippen LogP contribution in [0.5, 0.6) is 0 Å². The van der Waals surface area contributed by atoms with Gasteiger partial charge >= 0.3 is 12.4 Å². The molecule has 0 amide bonds. The predicted octanol–water partition coefficient (Wildman–Crippen LogP) is 4.72. The molecule has 0 saturated heterocycles. The fraction of sp³-hybridized carbons (Fsp3) is 0.750. The van der Waals surface area contributed by atoms with E-state index >= 15 is 0 Å². The molecule has 1 rings (SSSR count). The highest BCUT2D eigenvalue weighted by atomic mass is 31.2. The molecule has 0 aromatic rings. The van der Waals surface area contributed by atoms with Crippen molar-refractivity contribution >= 4 is 19.2 Å². The van der Waals surface area contributed by atoms with Crippen molar-refractivity contribution in [3.05, 3.63) is 0 Å². The van der Waals surface area contributed by atoms with Crippen molar-refractivity contribution in [3.8, 4) is 0 Å². The van der Waals surface area contributed by atoms with E-state index in [9.17, 15) is 30.5 Å². The first-order valence-corrected chi connectivity index (χ1v) is 6.41. The molecule has 3 nitrogen and oxygen atoms in total. The van der Waals surface area contributed by atoms with Gasteiger partial charge in [-0.3, -0.25) is 0 Å². The molecule has 0 saturated carbocycles. The molecule has 0 spiro atoms. The lowest BCUT2D eigenvalue weighted by atomic mass is 10.3. The van der Waals surface area contributed by atoms with Crippen molar-refractivity contribution < 1.29 is 30.5 Å². The van der Waals surface area contributed by atoms with E-state index in [2.05, 4.69) is 14.5 Å². The zero-order valence-corrected chi connectivity index (χ0v) is 10.8. The van der Waals surface area contributed by atoms with E-state index < -0.39 is 36.7 Å². The predicted molar refractivity (Wildman–Crippen MR) is 57.2 cm³/mol. The Balaban J connectivity index is 3.56. The van der Waals surface area contributed by atoms with E-state index in [-0.39, 0.29) is 0 Å². The minimum atomic E-state index is -5.27. The summed E-state index contributed by atoms with van der Waals surface area (Å²) in [6.45, 7) is 3.38. The maximum atomic E-state index is 14.3. The third kappa shape index (κ3) is 3.34. The van der Waals surface area contributed by atoms with Crippen LogP contribution < -0.4 is 0 Å². The van der Waals surface area contributed by atoms with Gasteiger partial charge in [-0.25, -0.2) is 4.99 Å². The lowest BCUT2D eigenvalue weighted by Gasteiger charge is -2.28. The van der Waals surface area contributed by atoms with E-state index in [1.165, 1.54) is 0 Å². The van der Waals surface area contributed by atoms with Gasteiger partial charge in [0.15, 0.2) is 0 Å². The van der Waals surface area contributed by atoms with Crippen LogP contribution >= 0.6 is 7.52 Å². The molecular formula is C8H9F7N3P. The van der Waals surface area contributed by atoms with Crippen molar-refractivity contribution in [2.75, 3.05) is 0 Å². The van der Waals surface area contributed by atoms with Crippen LogP contribution in [-0.2, 0) is 0 Å². The molecule has 11 heteroatoms. The first-order chi connectivity index (χ1) is 8.17. The van der Waals surface area contributed by atoms with Gasteiger partial charge in [0.1, 0.15) is 0 Å². The summed E-state index contributed by atoms with van der Waals surface area (Å²) in [5.74, 6) is -4.28. The molecule has 0 bridgehead atoms. The number of nitrogens with zero attached hydrogens (tertiary/aromatic N) is 3. The molecule has 1 heterocycles. The summed E-state index contributed by atoms with van der Waals surface area (Å²) in [6.07, 6.45) is -10.5. The standard InChI is InChI=1S/C8H9F7N3P/c1-6(2,3)19(15)17-4(7(9,10)11)16-5(18-19)8(12,13)14/h1-3H3. The number of alkyl halides is 6. The lowest BCUT2D eigenvalue weighted by molar-refractivity contribution is -0.0633. The Morgan fingerprint density at radius 1 is 0.842 bits per heavy atom. The fourth-order valence-electron chi connectivity index (χ4n) is 0.959. The Bertz CT molecular complexity index is 477. The van der Waals surface area contributed by atoms with Crippen LogP contribution in [0.15, 0.2) is 14.5 Å². The summed E-state index contributed by atoms with van der Waals surface area (Å²) in [4.78, 5) is 2.27. The number of amidine groups is 2. The molecule has 110 valence electrons. The topological polar surface area (TPSA) is 37.1 Å². The van der Waals surface area contributed by atoms with Crippen LogP contribution in [0.1, 0.15) is 20.8 Å². The minimum Gasteiger partial charge on any atom is -0.200 e. The molecule has 19 heavy (non-hydrogen) atoms. The fourth-order valence-corrected chi connectivity index (χ4v) is 2.42. The van der Waals surface area contributed by atoms with Crippen LogP contribution in [0, 0.1) is 0 Å². The molecule has 0 aliphatic carbocycles. The van der Waals surface area contributed by atoms with Crippen molar-refractivity contribution in [2.45, 2.75) is 38.3 Å². The van der Waals surface area contributed by atoms with Gasteiger partial charge in [0.25, 0.3) is 7.52 Å². The summed E-state index contributed by atoms with van der Waals surface area (Å²) >= 11 is 0. The summed E-state index contributed by atoms with van der Waals surface area (Å²) in [6, 6.07) is 0. The maximum Gasteiger partial charge on any atom is 0.451 e. The van der Waals surface area contributed by atoms with Crippen LogP contribution in [0.2, 0.25) is 0 Å². The quantitative estimate of drug-likeness (QED) is 0.458. The number of hydrogen-bond acceptors (Lipinski definition) is 3. The molecule has 0 aromatic carbocycles. The molecule has 1 atom stereocenters. The molecule has 1 aliphatic heterocycles. The molecule has 0 N–H and O–H groups in total. The van der Waals surface area contributed by atoms with Gasteiger partial charge in [-0.15, -0.1) is 0 Å². The summed E-state index contributed by atoms with van der Waals surface area (Å²) in [5, 5.41) is -1.59. The average Bonchev–Trinajstić information content (AvgIpc) is 2.12. The Kier molecular flexibility index (Phi) is 3.64. The van der Waals surface area contributed by atoms with Crippen LogP contribution in [0.3, 0.4) is 0 Å². The van der Waals surface area contributed by atoms with Gasteiger partial charge in [-0.1, -0.05) is 20.8 Å². The van der Waals surface area contributed by atoms with Crippen molar-refractivity contribution in [2.24, 2.45) is 14.5 Å². The van der Waals surface area contributed by atoms with Gasteiger partial charge in [0.2, 0.25) is 11.7 Å². The molecule has 1 unspecified atom stereocenters.